The topological polar surface area (TPSA) is 31.2 Å². The molecule has 0 N–H and O–H groups in total. The van der Waals surface area contributed by atoms with E-state index in [0.717, 1.165) is 35.0 Å². The minimum atomic E-state index is -4.73. The summed E-state index contributed by atoms with van der Waals surface area (Å²) in [6.45, 7) is 9.89. The number of hydrogen-bond donors (Lipinski definition) is 0. The molecular formula is C31H31ClF6N4. The van der Waals surface area contributed by atoms with Crippen molar-refractivity contribution < 1.29 is 26.3 Å². The number of nitrogens with zero attached hydrogens (tertiary/aromatic N) is 4. The van der Waals surface area contributed by atoms with Gasteiger partial charge in [-0.25, -0.2) is 9.98 Å². The molecule has 0 atom stereocenters. The van der Waals surface area contributed by atoms with Crippen molar-refractivity contribution in [3.8, 4) is 0 Å². The lowest BCUT2D eigenvalue weighted by molar-refractivity contribution is -0.138. The first kappa shape index (κ1) is 31.4. The van der Waals surface area contributed by atoms with E-state index in [2.05, 4.69) is 4.99 Å². The van der Waals surface area contributed by atoms with Crippen molar-refractivity contribution >= 4 is 34.6 Å². The molecule has 3 aromatic carbocycles. The summed E-state index contributed by atoms with van der Waals surface area (Å²) in [5.74, 6) is 0.631. The molecule has 1 heterocycles. The number of alkyl halides is 6. The molecule has 0 amide bonds. The Hall–Kier alpha value is -3.53. The van der Waals surface area contributed by atoms with Crippen LogP contribution in [0, 0.1) is 27.7 Å². The maximum atomic E-state index is 14.2. The second kappa shape index (κ2) is 12.0. The van der Waals surface area contributed by atoms with E-state index in [1.807, 2.05) is 43.9 Å². The number of aryl methyl sites for hydroxylation is 4. The molecule has 0 saturated carbocycles. The highest BCUT2D eigenvalue weighted by Gasteiger charge is 2.36. The van der Waals surface area contributed by atoms with Crippen LogP contribution in [0.3, 0.4) is 0 Å². The molecule has 4 nitrogen and oxygen atoms in total. The van der Waals surface area contributed by atoms with E-state index in [9.17, 15) is 26.3 Å². The molecule has 0 spiro atoms. The molecule has 42 heavy (non-hydrogen) atoms. The molecule has 0 radical (unpaired) electrons. The van der Waals surface area contributed by atoms with E-state index in [-0.39, 0.29) is 34.3 Å². The summed E-state index contributed by atoms with van der Waals surface area (Å²) in [4.78, 5) is 12.9. The molecule has 1 fully saturated rings. The van der Waals surface area contributed by atoms with Crippen LogP contribution in [0.2, 0.25) is 5.02 Å². The molecule has 0 unspecified atom stereocenters. The van der Waals surface area contributed by atoms with Crippen LogP contribution < -0.4 is 0 Å². The predicted molar refractivity (Wildman–Crippen MR) is 155 cm³/mol. The van der Waals surface area contributed by atoms with Gasteiger partial charge in [-0.2, -0.15) is 26.3 Å². The molecule has 224 valence electrons. The average molecular weight is 609 g/mol. The fourth-order valence-corrected chi connectivity index (χ4v) is 5.32. The van der Waals surface area contributed by atoms with E-state index < -0.39 is 23.5 Å². The van der Waals surface area contributed by atoms with E-state index in [1.54, 1.807) is 17.9 Å². The van der Waals surface area contributed by atoms with E-state index in [4.69, 9.17) is 16.6 Å². The van der Waals surface area contributed by atoms with E-state index >= 15 is 0 Å². The van der Waals surface area contributed by atoms with Crippen molar-refractivity contribution in [2.45, 2.75) is 53.4 Å². The van der Waals surface area contributed by atoms with Crippen LogP contribution in [0.5, 0.6) is 0 Å². The number of amidine groups is 2. The van der Waals surface area contributed by atoms with Gasteiger partial charge in [-0.1, -0.05) is 41.4 Å². The Kier molecular flexibility index (Phi) is 8.97. The molecule has 4 rings (SSSR count). The largest absolute Gasteiger partial charge is 0.418 e. The Morgan fingerprint density at radius 1 is 0.762 bits per heavy atom. The van der Waals surface area contributed by atoms with Crippen LogP contribution in [0.15, 0.2) is 58.5 Å². The van der Waals surface area contributed by atoms with Crippen molar-refractivity contribution in [2.75, 3.05) is 19.8 Å². The minimum Gasteiger partial charge on any atom is -0.342 e. The lowest BCUT2D eigenvalue weighted by Gasteiger charge is -2.39. The Bertz CT molecular complexity index is 1520. The van der Waals surface area contributed by atoms with Gasteiger partial charge in [0, 0.05) is 23.7 Å². The number of aliphatic imine (C=N–C) groups is 2. The van der Waals surface area contributed by atoms with Crippen LogP contribution in [-0.2, 0) is 12.4 Å². The van der Waals surface area contributed by atoms with Crippen molar-refractivity contribution in [2.24, 2.45) is 9.98 Å². The minimum absolute atomic E-state index is 0.0332. The number of hydrogen-bond acceptors (Lipinski definition) is 2. The Labute approximate surface area is 246 Å². The molecule has 11 heteroatoms. The van der Waals surface area contributed by atoms with Crippen LogP contribution in [0.25, 0.3) is 0 Å². The summed E-state index contributed by atoms with van der Waals surface area (Å²) in [6.07, 6.45) is -8.87. The number of halogens is 7. The fourth-order valence-electron chi connectivity index (χ4n) is 5.08. The predicted octanol–water partition coefficient (Wildman–Crippen LogP) is 9.40. The van der Waals surface area contributed by atoms with Crippen LogP contribution in [0.4, 0.5) is 37.7 Å². The first-order valence-electron chi connectivity index (χ1n) is 13.3. The van der Waals surface area contributed by atoms with Gasteiger partial charge in [0.25, 0.3) is 0 Å². The highest BCUT2D eigenvalue weighted by Crippen LogP contribution is 2.40. The van der Waals surface area contributed by atoms with Gasteiger partial charge in [-0.05, 0) is 82.0 Å². The normalized spacial score (nSPS) is 15.4. The van der Waals surface area contributed by atoms with Crippen molar-refractivity contribution in [3.05, 3.63) is 92.5 Å². The summed E-state index contributed by atoms with van der Waals surface area (Å²) in [5, 5.41) is -0.203. The second-order valence-corrected chi connectivity index (χ2v) is 11.0. The Balaban J connectivity index is 1.87. The Morgan fingerprint density at radius 3 is 2.02 bits per heavy atom. The SMILES string of the molecule is CC(=Nc1c(C)cccc1C)N1CCCN(C(=Nc2c(C)cc(C)cc2C(F)(F)F)c2cc(Cl)cc(C(F)(F)F)c2)C1. The zero-order valence-electron chi connectivity index (χ0n) is 23.9. The molecule has 1 saturated heterocycles. The quantitative estimate of drug-likeness (QED) is 0.168. The van der Waals surface area contributed by atoms with Gasteiger partial charge in [0.05, 0.1) is 29.2 Å². The first-order chi connectivity index (χ1) is 19.5. The summed E-state index contributed by atoms with van der Waals surface area (Å²) in [7, 11) is 0. The molecule has 0 aliphatic carbocycles. The van der Waals surface area contributed by atoms with Gasteiger partial charge >= 0.3 is 12.4 Å². The van der Waals surface area contributed by atoms with Gasteiger partial charge in [0.1, 0.15) is 11.7 Å². The third kappa shape index (κ3) is 7.09. The third-order valence-electron chi connectivity index (χ3n) is 7.12. The lowest BCUT2D eigenvalue weighted by atomic mass is 10.0. The molecular weight excluding hydrogens is 578 g/mol. The molecule has 1 aliphatic heterocycles. The van der Waals surface area contributed by atoms with Gasteiger partial charge < -0.3 is 9.80 Å². The third-order valence-corrected chi connectivity index (χ3v) is 7.34. The van der Waals surface area contributed by atoms with Gasteiger partial charge in [-0.3, -0.25) is 0 Å². The molecule has 1 aliphatic rings. The first-order valence-corrected chi connectivity index (χ1v) is 13.7. The van der Waals surface area contributed by atoms with Crippen molar-refractivity contribution in [1.29, 1.82) is 0 Å². The molecule has 3 aromatic rings. The zero-order chi connectivity index (χ0) is 31.0. The molecule has 0 bridgehead atoms. The smallest absolute Gasteiger partial charge is 0.342 e. The maximum Gasteiger partial charge on any atom is 0.418 e. The second-order valence-electron chi connectivity index (χ2n) is 10.6. The average Bonchev–Trinajstić information content (AvgIpc) is 2.88. The van der Waals surface area contributed by atoms with E-state index in [1.165, 1.54) is 13.0 Å². The summed E-state index contributed by atoms with van der Waals surface area (Å²) >= 11 is 6.11. The van der Waals surface area contributed by atoms with Gasteiger partial charge in [0.15, 0.2) is 0 Å². The van der Waals surface area contributed by atoms with Crippen LogP contribution in [0.1, 0.15) is 52.3 Å². The van der Waals surface area contributed by atoms with Gasteiger partial charge in [-0.15, -0.1) is 0 Å². The number of para-hydroxylation sites is 1. The number of rotatable bonds is 3. The monoisotopic (exact) mass is 608 g/mol. The standard InChI is InChI=1S/C31H31ClF6N4/c1-18-12-21(4)28(26(13-18)31(36,37)38)40-29(23-14-24(30(33,34)35)16-25(32)15-23)42-11-7-10-41(17-42)22(5)39-27-19(2)8-6-9-20(27)3/h6,8-9,12-16H,7,10-11,17H2,1-5H3. The van der Waals surface area contributed by atoms with Crippen molar-refractivity contribution in [3.63, 3.8) is 0 Å². The highest BCUT2D eigenvalue weighted by atomic mass is 35.5. The summed E-state index contributed by atoms with van der Waals surface area (Å²) < 4.78 is 83.7. The summed E-state index contributed by atoms with van der Waals surface area (Å²) in [5.41, 5.74) is 1.06. The van der Waals surface area contributed by atoms with Gasteiger partial charge in [0.2, 0.25) is 0 Å². The van der Waals surface area contributed by atoms with Crippen LogP contribution in [-0.4, -0.2) is 41.2 Å². The lowest BCUT2D eigenvalue weighted by Crippen LogP contribution is -2.49. The fraction of sp³-hybridized carbons (Fsp3) is 0.355. The highest BCUT2D eigenvalue weighted by molar-refractivity contribution is 6.31. The Morgan fingerprint density at radius 2 is 1.40 bits per heavy atom. The zero-order valence-corrected chi connectivity index (χ0v) is 24.6. The molecule has 0 aromatic heterocycles. The van der Waals surface area contributed by atoms with E-state index in [0.29, 0.717) is 30.9 Å². The van der Waals surface area contributed by atoms with Crippen molar-refractivity contribution in [1.82, 2.24) is 9.80 Å². The number of benzene rings is 3. The maximum absolute atomic E-state index is 14.2. The van der Waals surface area contributed by atoms with Crippen LogP contribution >= 0.6 is 11.6 Å². The summed E-state index contributed by atoms with van der Waals surface area (Å²) in [6, 6.07) is 11.3.